The fourth-order valence-electron chi connectivity index (χ4n) is 2.91. The Balaban J connectivity index is 1.84. The molecule has 0 aliphatic carbocycles. The molecule has 11 heteroatoms. The van der Waals surface area contributed by atoms with Crippen molar-refractivity contribution in [3.63, 3.8) is 0 Å². The minimum Gasteiger partial charge on any atom is -0.352 e. The molecule has 2 heterocycles. The SMILES string of the molecule is O=S(=O)(Nc1cc(F)c(Cl)cc1F)c1cnc2c1ccc1ccc(C(F)F)[nH]c12. The van der Waals surface area contributed by atoms with Gasteiger partial charge in [-0.3, -0.25) is 9.71 Å². The Kier molecular flexibility index (Phi) is 4.62. The van der Waals surface area contributed by atoms with E-state index in [1.165, 1.54) is 24.3 Å². The second-order valence-electron chi connectivity index (χ2n) is 6.11. The van der Waals surface area contributed by atoms with E-state index >= 15 is 0 Å². The van der Waals surface area contributed by atoms with Gasteiger partial charge in [-0.1, -0.05) is 29.8 Å². The number of aromatic amines is 1. The maximum Gasteiger partial charge on any atom is 0.278 e. The van der Waals surface area contributed by atoms with Gasteiger partial charge in [0.05, 0.1) is 27.4 Å². The Bertz CT molecular complexity index is 1370. The van der Waals surface area contributed by atoms with Crippen LogP contribution in [0.2, 0.25) is 5.02 Å². The van der Waals surface area contributed by atoms with E-state index in [-0.39, 0.29) is 27.0 Å². The Morgan fingerprint density at radius 3 is 2.52 bits per heavy atom. The fourth-order valence-corrected chi connectivity index (χ4v) is 4.26. The quantitative estimate of drug-likeness (QED) is 0.328. The molecule has 150 valence electrons. The first-order chi connectivity index (χ1) is 13.7. The van der Waals surface area contributed by atoms with Crippen molar-refractivity contribution < 1.29 is 26.0 Å². The molecular weight excluding hydrogens is 434 g/mol. The van der Waals surface area contributed by atoms with Gasteiger partial charge in [-0.25, -0.2) is 26.0 Å². The van der Waals surface area contributed by atoms with Crippen molar-refractivity contribution in [3.05, 3.63) is 64.9 Å². The van der Waals surface area contributed by atoms with Crippen LogP contribution in [0.1, 0.15) is 12.1 Å². The number of hydrogen-bond donors (Lipinski definition) is 2. The summed E-state index contributed by atoms with van der Waals surface area (Å²) in [5.41, 5.74) is -0.610. The predicted molar refractivity (Wildman–Crippen MR) is 101 cm³/mol. The largest absolute Gasteiger partial charge is 0.352 e. The molecule has 0 saturated carbocycles. The molecule has 2 N–H and O–H groups in total. The summed E-state index contributed by atoms with van der Waals surface area (Å²) in [5.74, 6) is -2.07. The number of pyridine rings is 1. The van der Waals surface area contributed by atoms with E-state index in [9.17, 15) is 26.0 Å². The molecule has 0 saturated heterocycles. The number of nitrogens with one attached hydrogen (secondary N) is 2. The Morgan fingerprint density at radius 1 is 1.07 bits per heavy atom. The number of fused-ring (bicyclic) bond motifs is 3. The number of benzene rings is 2. The van der Waals surface area contributed by atoms with Gasteiger partial charge in [0.1, 0.15) is 16.5 Å². The third-order valence-corrected chi connectivity index (χ3v) is 5.96. The second-order valence-corrected chi connectivity index (χ2v) is 8.17. The van der Waals surface area contributed by atoms with Crippen LogP contribution in [0.25, 0.3) is 21.8 Å². The molecule has 0 spiro atoms. The van der Waals surface area contributed by atoms with Crippen molar-refractivity contribution in [3.8, 4) is 0 Å². The minimum atomic E-state index is -4.37. The van der Waals surface area contributed by atoms with Gasteiger partial charge < -0.3 is 4.98 Å². The molecule has 0 atom stereocenters. The minimum absolute atomic E-state index is 0.127. The van der Waals surface area contributed by atoms with Gasteiger partial charge in [0.25, 0.3) is 16.4 Å². The topological polar surface area (TPSA) is 74.8 Å². The lowest BCUT2D eigenvalue weighted by Crippen LogP contribution is -2.14. The summed E-state index contributed by atoms with van der Waals surface area (Å²) in [6.45, 7) is 0. The molecule has 2 aromatic carbocycles. The second kappa shape index (κ2) is 6.89. The molecule has 0 aliphatic rings. The normalized spacial score (nSPS) is 12.2. The van der Waals surface area contributed by atoms with Crippen molar-refractivity contribution in [2.24, 2.45) is 0 Å². The standard InChI is InChI=1S/C18H10ClF4N3O2S/c19-10-5-12(21)14(6-11(10)20)26-29(27,28)15-7-24-17-9(15)3-1-8-2-4-13(18(22)23)25-16(8)17/h1-7,18,25-26H. The zero-order valence-corrected chi connectivity index (χ0v) is 15.8. The highest BCUT2D eigenvalue weighted by Gasteiger charge is 2.23. The van der Waals surface area contributed by atoms with Crippen molar-refractivity contribution in [2.75, 3.05) is 4.72 Å². The van der Waals surface area contributed by atoms with Gasteiger partial charge in [-0.2, -0.15) is 0 Å². The molecule has 0 bridgehead atoms. The molecule has 2 aromatic heterocycles. The molecular formula is C18H10ClF4N3O2S. The van der Waals surface area contributed by atoms with Crippen LogP contribution in [0, 0.1) is 11.6 Å². The van der Waals surface area contributed by atoms with Crippen LogP contribution in [0.5, 0.6) is 0 Å². The van der Waals surface area contributed by atoms with E-state index in [1.807, 2.05) is 4.72 Å². The highest BCUT2D eigenvalue weighted by molar-refractivity contribution is 7.93. The third kappa shape index (κ3) is 3.38. The maximum absolute atomic E-state index is 14.0. The Labute approximate surface area is 166 Å². The number of nitrogens with zero attached hydrogens (tertiary/aromatic N) is 1. The van der Waals surface area contributed by atoms with E-state index in [2.05, 4.69) is 9.97 Å². The number of anilines is 1. The van der Waals surface area contributed by atoms with E-state index in [1.54, 1.807) is 0 Å². The van der Waals surface area contributed by atoms with Crippen LogP contribution < -0.4 is 4.72 Å². The number of rotatable bonds is 4. The van der Waals surface area contributed by atoms with Crippen LogP contribution in [0.15, 0.2) is 47.5 Å². The molecule has 0 fully saturated rings. The van der Waals surface area contributed by atoms with Gasteiger partial charge >= 0.3 is 0 Å². The van der Waals surface area contributed by atoms with Crippen molar-refractivity contribution in [2.45, 2.75) is 11.3 Å². The summed E-state index contributed by atoms with van der Waals surface area (Å²) in [4.78, 5) is 6.26. The van der Waals surface area contributed by atoms with Gasteiger partial charge in [0, 0.05) is 23.0 Å². The van der Waals surface area contributed by atoms with E-state index in [0.717, 1.165) is 6.20 Å². The third-order valence-electron chi connectivity index (χ3n) is 4.28. The maximum atomic E-state index is 14.0. The summed E-state index contributed by atoms with van der Waals surface area (Å²) in [7, 11) is -4.37. The van der Waals surface area contributed by atoms with E-state index in [0.29, 0.717) is 17.5 Å². The van der Waals surface area contributed by atoms with Gasteiger partial charge in [-0.05, 0) is 12.1 Å². The molecule has 4 rings (SSSR count). The van der Waals surface area contributed by atoms with Gasteiger partial charge in [0.15, 0.2) is 0 Å². The first-order valence-electron chi connectivity index (χ1n) is 8.03. The lowest BCUT2D eigenvalue weighted by molar-refractivity contribution is 0.146. The Hall–Kier alpha value is -2.85. The van der Waals surface area contributed by atoms with Crippen molar-refractivity contribution in [1.82, 2.24) is 9.97 Å². The summed E-state index contributed by atoms with van der Waals surface area (Å²) in [6.07, 6.45) is -1.74. The molecule has 29 heavy (non-hydrogen) atoms. The van der Waals surface area contributed by atoms with Crippen LogP contribution >= 0.6 is 11.6 Å². The van der Waals surface area contributed by atoms with Crippen LogP contribution in [0.3, 0.4) is 0 Å². The molecule has 0 amide bonds. The fraction of sp³-hybridized carbons (Fsp3) is 0.0556. The number of halogens is 5. The predicted octanol–water partition coefficient (Wildman–Crippen LogP) is 5.39. The average Bonchev–Trinajstić information content (AvgIpc) is 3.11. The van der Waals surface area contributed by atoms with Crippen LogP contribution in [0.4, 0.5) is 23.2 Å². The zero-order valence-electron chi connectivity index (χ0n) is 14.2. The van der Waals surface area contributed by atoms with Crippen LogP contribution in [-0.4, -0.2) is 18.4 Å². The molecule has 4 aromatic rings. The van der Waals surface area contributed by atoms with Gasteiger partial charge in [-0.15, -0.1) is 0 Å². The van der Waals surface area contributed by atoms with E-state index in [4.69, 9.17) is 11.6 Å². The first kappa shape index (κ1) is 19.5. The van der Waals surface area contributed by atoms with E-state index < -0.39 is 38.8 Å². The Morgan fingerprint density at radius 2 is 1.79 bits per heavy atom. The lowest BCUT2D eigenvalue weighted by atomic mass is 10.1. The summed E-state index contributed by atoms with van der Waals surface area (Å²) < 4.78 is 81.0. The lowest BCUT2D eigenvalue weighted by Gasteiger charge is -2.09. The van der Waals surface area contributed by atoms with Crippen LogP contribution in [-0.2, 0) is 10.0 Å². The first-order valence-corrected chi connectivity index (χ1v) is 9.89. The van der Waals surface area contributed by atoms with Gasteiger partial charge in [0.2, 0.25) is 0 Å². The number of sulfonamides is 1. The highest BCUT2D eigenvalue weighted by atomic mass is 35.5. The summed E-state index contributed by atoms with van der Waals surface area (Å²) >= 11 is 5.47. The number of alkyl halides is 2. The smallest absolute Gasteiger partial charge is 0.278 e. The zero-order chi connectivity index (χ0) is 20.9. The highest BCUT2D eigenvalue weighted by Crippen LogP contribution is 2.32. The molecule has 0 radical (unpaired) electrons. The number of aromatic nitrogens is 2. The molecule has 5 nitrogen and oxygen atoms in total. The van der Waals surface area contributed by atoms with Crippen molar-refractivity contribution in [1.29, 1.82) is 0 Å². The number of hydrogen-bond acceptors (Lipinski definition) is 3. The summed E-state index contributed by atoms with van der Waals surface area (Å²) in [6, 6.07) is 6.93. The average molecular weight is 444 g/mol. The number of H-pyrrole nitrogens is 1. The monoisotopic (exact) mass is 443 g/mol. The summed E-state index contributed by atoms with van der Waals surface area (Å²) in [5, 5.41) is 0.174. The molecule has 0 aliphatic heterocycles. The van der Waals surface area contributed by atoms with Crippen molar-refractivity contribution >= 4 is 49.1 Å². The molecule has 0 unspecified atom stereocenters.